The SMILES string of the molecule is CC(Nc1cc(CNC(=O)[C@@H]2CC(F)(F)CN2S(=O)(=O)c2ccc(Cl)s2)cc(-c2ccc(C(F)(F)F)cc2)n1)c1ccccn1. The van der Waals surface area contributed by atoms with E-state index >= 15 is 0 Å². The summed E-state index contributed by atoms with van der Waals surface area (Å²) in [6, 6.07) is 13.3. The summed E-state index contributed by atoms with van der Waals surface area (Å²) in [5, 5.41) is 5.72. The maximum absolute atomic E-state index is 14.5. The number of nitrogens with one attached hydrogen (secondary N) is 2. The maximum atomic E-state index is 14.5. The van der Waals surface area contributed by atoms with Gasteiger partial charge in [0.15, 0.2) is 0 Å². The van der Waals surface area contributed by atoms with Gasteiger partial charge in [0.2, 0.25) is 5.91 Å². The molecule has 2 atom stereocenters. The first kappa shape index (κ1) is 32.7. The number of halogens is 6. The summed E-state index contributed by atoms with van der Waals surface area (Å²) in [5.41, 5.74) is 0.900. The third-order valence-corrected chi connectivity index (χ3v) is 10.5. The molecule has 5 rings (SSSR count). The van der Waals surface area contributed by atoms with Crippen LogP contribution in [0.15, 0.2) is 77.1 Å². The van der Waals surface area contributed by atoms with Crippen molar-refractivity contribution in [2.75, 3.05) is 11.9 Å². The topological polar surface area (TPSA) is 104 Å². The molecule has 8 nitrogen and oxygen atoms in total. The van der Waals surface area contributed by atoms with Crippen LogP contribution in [0.2, 0.25) is 4.34 Å². The maximum Gasteiger partial charge on any atom is 0.416 e. The molecule has 0 bridgehead atoms. The number of sulfonamides is 1. The van der Waals surface area contributed by atoms with Gasteiger partial charge in [-0.1, -0.05) is 29.8 Å². The molecule has 0 radical (unpaired) electrons. The zero-order chi connectivity index (χ0) is 32.6. The molecule has 16 heteroatoms. The molecule has 0 spiro atoms. The number of aromatic nitrogens is 2. The minimum Gasteiger partial charge on any atom is -0.362 e. The van der Waals surface area contributed by atoms with E-state index in [4.69, 9.17) is 11.6 Å². The Morgan fingerprint density at radius 2 is 1.87 bits per heavy atom. The van der Waals surface area contributed by atoms with Gasteiger partial charge < -0.3 is 10.6 Å². The minimum absolute atomic E-state index is 0.142. The molecule has 0 aliphatic carbocycles. The Morgan fingerprint density at radius 3 is 2.49 bits per heavy atom. The predicted octanol–water partition coefficient (Wildman–Crippen LogP) is 6.77. The average Bonchev–Trinajstić information content (AvgIpc) is 3.59. The normalized spacial score (nSPS) is 17.6. The molecule has 45 heavy (non-hydrogen) atoms. The molecule has 1 unspecified atom stereocenters. The summed E-state index contributed by atoms with van der Waals surface area (Å²) in [4.78, 5) is 22.1. The van der Waals surface area contributed by atoms with E-state index < -0.39 is 52.6 Å². The third-order valence-electron chi connectivity index (χ3n) is 7.00. The van der Waals surface area contributed by atoms with Crippen LogP contribution in [0.5, 0.6) is 0 Å². The van der Waals surface area contributed by atoms with E-state index in [-0.39, 0.29) is 26.8 Å². The monoisotopic (exact) mass is 685 g/mol. The van der Waals surface area contributed by atoms with E-state index in [9.17, 15) is 35.2 Å². The highest BCUT2D eigenvalue weighted by atomic mass is 35.5. The van der Waals surface area contributed by atoms with Crippen LogP contribution in [0.3, 0.4) is 0 Å². The summed E-state index contributed by atoms with van der Waals surface area (Å²) >= 11 is 6.54. The van der Waals surface area contributed by atoms with Gasteiger partial charge in [0, 0.05) is 24.7 Å². The van der Waals surface area contributed by atoms with Crippen LogP contribution in [0, 0.1) is 0 Å². The Hall–Kier alpha value is -3.66. The standard InChI is InChI=1S/C29H25ClF5N5O3S2/c1-17(21-4-2-3-11-36-21)38-25-13-18(12-22(39-25)19-5-7-20(8-6-19)29(33,34)35)15-37-27(41)23-14-28(31,32)16-40(23)45(42,43)26-10-9-24(30)44-26/h2-13,17,23H,14-16H2,1H3,(H,37,41)(H,38,39)/t17?,23-/m0/s1. The minimum atomic E-state index is -4.53. The highest BCUT2D eigenvalue weighted by molar-refractivity contribution is 7.91. The molecular formula is C29H25ClF5N5O3S2. The lowest BCUT2D eigenvalue weighted by molar-refractivity contribution is -0.137. The fraction of sp³-hybridized carbons (Fsp3) is 0.276. The van der Waals surface area contributed by atoms with Crippen LogP contribution < -0.4 is 10.6 Å². The van der Waals surface area contributed by atoms with Crippen molar-refractivity contribution in [1.29, 1.82) is 0 Å². The first-order valence-electron chi connectivity index (χ1n) is 13.4. The van der Waals surface area contributed by atoms with Gasteiger partial charge in [-0.3, -0.25) is 9.78 Å². The van der Waals surface area contributed by atoms with Crippen LogP contribution in [-0.4, -0.2) is 47.1 Å². The lowest BCUT2D eigenvalue weighted by Crippen LogP contribution is -2.45. The van der Waals surface area contributed by atoms with Crippen molar-refractivity contribution in [1.82, 2.24) is 19.6 Å². The molecule has 1 fully saturated rings. The van der Waals surface area contributed by atoms with Crippen molar-refractivity contribution in [3.8, 4) is 11.3 Å². The number of amides is 1. The highest BCUT2D eigenvalue weighted by Crippen LogP contribution is 2.38. The average molecular weight is 686 g/mol. The van der Waals surface area contributed by atoms with Crippen molar-refractivity contribution in [2.45, 2.75) is 48.3 Å². The van der Waals surface area contributed by atoms with Gasteiger partial charge in [-0.05, 0) is 61.0 Å². The second kappa shape index (κ2) is 12.6. The Bertz CT molecular complexity index is 1790. The Kier molecular flexibility index (Phi) is 9.18. The number of benzene rings is 1. The lowest BCUT2D eigenvalue weighted by Gasteiger charge is -2.22. The molecule has 1 aromatic carbocycles. The van der Waals surface area contributed by atoms with E-state index in [0.29, 0.717) is 38.3 Å². The predicted molar refractivity (Wildman–Crippen MR) is 159 cm³/mol. The summed E-state index contributed by atoms with van der Waals surface area (Å²) in [6.07, 6.45) is -3.93. The molecule has 1 aliphatic heterocycles. The van der Waals surface area contributed by atoms with Gasteiger partial charge in [0.1, 0.15) is 16.1 Å². The van der Waals surface area contributed by atoms with Crippen LogP contribution in [0.25, 0.3) is 11.3 Å². The van der Waals surface area contributed by atoms with Gasteiger partial charge in [0.05, 0.1) is 33.9 Å². The summed E-state index contributed by atoms with van der Waals surface area (Å²) in [5.74, 6) is -4.08. The number of thiophene rings is 1. The first-order chi connectivity index (χ1) is 21.1. The molecule has 4 heterocycles. The lowest BCUT2D eigenvalue weighted by atomic mass is 10.1. The van der Waals surface area contributed by atoms with E-state index in [1.54, 1.807) is 30.5 Å². The van der Waals surface area contributed by atoms with E-state index in [1.807, 2.05) is 6.92 Å². The smallest absolute Gasteiger partial charge is 0.362 e. The Morgan fingerprint density at radius 1 is 1.13 bits per heavy atom. The summed E-state index contributed by atoms with van der Waals surface area (Å²) in [6.45, 7) is 0.435. The van der Waals surface area contributed by atoms with Gasteiger partial charge in [-0.15, -0.1) is 11.3 Å². The largest absolute Gasteiger partial charge is 0.416 e. The van der Waals surface area contributed by atoms with Crippen LogP contribution >= 0.6 is 22.9 Å². The number of carbonyl (C=O) groups is 1. The zero-order valence-electron chi connectivity index (χ0n) is 23.4. The molecular weight excluding hydrogens is 661 g/mol. The Labute approximate surface area is 264 Å². The number of anilines is 1. The van der Waals surface area contributed by atoms with E-state index in [1.165, 1.54) is 30.3 Å². The van der Waals surface area contributed by atoms with Crippen molar-refractivity contribution < 1.29 is 35.2 Å². The van der Waals surface area contributed by atoms with Crippen LogP contribution in [0.1, 0.15) is 36.2 Å². The molecule has 2 N–H and O–H groups in total. The van der Waals surface area contributed by atoms with Gasteiger partial charge in [-0.25, -0.2) is 22.2 Å². The second-order valence-corrected chi connectivity index (χ2v) is 14.2. The molecule has 238 valence electrons. The quantitative estimate of drug-likeness (QED) is 0.189. The van der Waals surface area contributed by atoms with Crippen LogP contribution in [-0.2, 0) is 27.5 Å². The highest BCUT2D eigenvalue weighted by Gasteiger charge is 2.53. The molecule has 1 saturated heterocycles. The van der Waals surface area contributed by atoms with Crippen molar-refractivity contribution in [2.24, 2.45) is 0 Å². The molecule has 1 amide bonds. The van der Waals surface area contributed by atoms with Gasteiger partial charge >= 0.3 is 6.18 Å². The van der Waals surface area contributed by atoms with Crippen LogP contribution in [0.4, 0.5) is 27.8 Å². The fourth-order valence-corrected chi connectivity index (χ4v) is 8.02. The van der Waals surface area contributed by atoms with Crippen molar-refractivity contribution >= 4 is 44.7 Å². The number of hydrogen-bond donors (Lipinski definition) is 2. The first-order valence-corrected chi connectivity index (χ1v) is 16.0. The van der Waals surface area contributed by atoms with Crippen molar-refractivity contribution in [3.05, 3.63) is 94.1 Å². The Balaban J connectivity index is 1.41. The second-order valence-electron chi connectivity index (χ2n) is 10.3. The number of rotatable bonds is 9. The molecule has 3 aromatic heterocycles. The number of alkyl halides is 5. The molecule has 0 saturated carbocycles. The van der Waals surface area contributed by atoms with Gasteiger partial charge in [0.25, 0.3) is 15.9 Å². The number of carbonyl (C=O) groups excluding carboxylic acids is 1. The van der Waals surface area contributed by atoms with Gasteiger partial charge in [-0.2, -0.15) is 17.5 Å². The zero-order valence-corrected chi connectivity index (χ0v) is 25.7. The third kappa shape index (κ3) is 7.60. The summed E-state index contributed by atoms with van der Waals surface area (Å²) < 4.78 is 95.0. The molecule has 4 aromatic rings. The number of hydrogen-bond acceptors (Lipinski definition) is 7. The van der Waals surface area contributed by atoms with Crippen molar-refractivity contribution in [3.63, 3.8) is 0 Å². The molecule has 1 aliphatic rings. The number of pyridine rings is 2. The fourth-order valence-electron chi connectivity index (χ4n) is 4.79. The number of nitrogens with zero attached hydrogens (tertiary/aromatic N) is 3. The van der Waals surface area contributed by atoms with E-state index in [2.05, 4.69) is 20.6 Å². The summed E-state index contributed by atoms with van der Waals surface area (Å²) in [7, 11) is -4.45. The van der Waals surface area contributed by atoms with E-state index in [0.717, 1.165) is 12.1 Å².